The summed E-state index contributed by atoms with van der Waals surface area (Å²) < 4.78 is 27.8. The number of allylic oxidation sites excluding steroid dienone is 2. The highest BCUT2D eigenvalue weighted by molar-refractivity contribution is 14.2. The normalized spacial score (nSPS) is 17.0. The first-order valence-corrected chi connectivity index (χ1v) is 7.26. The summed E-state index contributed by atoms with van der Waals surface area (Å²) in [5.41, 5.74) is 0.697. The zero-order chi connectivity index (χ0) is 8.32. The van der Waals surface area contributed by atoms with Gasteiger partial charge in [0, 0.05) is 0 Å². The first-order valence-electron chi connectivity index (χ1n) is 2.88. The van der Waals surface area contributed by atoms with Crippen LogP contribution in [0.4, 0.5) is 0 Å². The number of rotatable bonds is 2. The molecule has 0 saturated heterocycles. The Morgan fingerprint density at radius 3 is 2.73 bits per heavy atom. The van der Waals surface area contributed by atoms with Gasteiger partial charge in [0.05, 0.1) is 12.0 Å². The van der Waals surface area contributed by atoms with Gasteiger partial charge >= 0.3 is 0 Å². The summed E-state index contributed by atoms with van der Waals surface area (Å²) in [7, 11) is -3.09. The number of nitrogens with one attached hydrogen (secondary N) is 1. The predicted molar refractivity (Wildman–Crippen MR) is 55.3 cm³/mol. The van der Waals surface area contributed by atoms with E-state index >= 15 is 0 Å². The van der Waals surface area contributed by atoms with Crippen LogP contribution in [0.1, 0.15) is 0 Å². The standard InChI is InChI=1S/C6H8INO2S/c1-11(9,10)8-6-3-2-4-7-5-6/h2-5,8H,1H3. The molecule has 0 radical (unpaired) electrons. The summed E-state index contributed by atoms with van der Waals surface area (Å²) in [4.78, 5) is 0. The van der Waals surface area contributed by atoms with Gasteiger partial charge in [-0.3, -0.25) is 4.72 Å². The molecule has 3 nitrogen and oxygen atoms in total. The Bertz CT molecular complexity index is 326. The SMILES string of the molecule is CS(=O)(=O)NC1=CI=CC=C1. The van der Waals surface area contributed by atoms with Crippen molar-refractivity contribution in [2.24, 2.45) is 0 Å². The summed E-state index contributed by atoms with van der Waals surface area (Å²) in [5, 5.41) is 0. The number of hydrogen-bond acceptors (Lipinski definition) is 2. The van der Waals surface area contributed by atoms with Crippen LogP contribution in [0.2, 0.25) is 0 Å². The lowest BCUT2D eigenvalue weighted by Crippen LogP contribution is -2.20. The van der Waals surface area contributed by atoms with Crippen LogP contribution in [0.15, 0.2) is 21.9 Å². The van der Waals surface area contributed by atoms with E-state index in [2.05, 4.69) is 8.73 Å². The van der Waals surface area contributed by atoms with Gasteiger partial charge < -0.3 is 0 Å². The molecule has 0 fully saturated rings. The first-order chi connectivity index (χ1) is 5.08. The monoisotopic (exact) mass is 285 g/mol. The maximum Gasteiger partial charge on any atom is 0.229 e. The molecule has 0 aromatic heterocycles. The predicted octanol–water partition coefficient (Wildman–Crippen LogP) is 0.720. The van der Waals surface area contributed by atoms with Crippen molar-refractivity contribution >= 4 is 34.8 Å². The van der Waals surface area contributed by atoms with E-state index in [-0.39, 0.29) is 20.7 Å². The van der Waals surface area contributed by atoms with Crippen LogP contribution in [-0.4, -0.2) is 18.7 Å². The molecule has 0 saturated carbocycles. The lowest BCUT2D eigenvalue weighted by molar-refractivity contribution is 0.595. The fraction of sp³-hybridized carbons (Fsp3) is 0.167. The van der Waals surface area contributed by atoms with Crippen molar-refractivity contribution in [3.8, 4) is 0 Å². The van der Waals surface area contributed by atoms with Crippen LogP contribution in [0.5, 0.6) is 0 Å². The summed E-state index contributed by atoms with van der Waals surface area (Å²) in [6.45, 7) is 0. The van der Waals surface area contributed by atoms with Crippen molar-refractivity contribution in [1.82, 2.24) is 4.72 Å². The van der Waals surface area contributed by atoms with Crippen molar-refractivity contribution in [2.45, 2.75) is 0 Å². The molecule has 0 aliphatic carbocycles. The van der Waals surface area contributed by atoms with Crippen LogP contribution in [0, 0.1) is 0 Å². The fourth-order valence-corrected chi connectivity index (χ4v) is 2.77. The smallest absolute Gasteiger partial charge is 0.229 e. The topological polar surface area (TPSA) is 46.2 Å². The highest BCUT2D eigenvalue weighted by Gasteiger charge is 2.01. The molecule has 1 N–H and O–H groups in total. The third kappa shape index (κ3) is 3.66. The van der Waals surface area contributed by atoms with Gasteiger partial charge in [-0.1, -0.05) is 26.8 Å². The molecule has 0 unspecified atom stereocenters. The zero-order valence-electron chi connectivity index (χ0n) is 5.91. The van der Waals surface area contributed by atoms with Crippen molar-refractivity contribution < 1.29 is 8.42 Å². The molecule has 1 rings (SSSR count). The Hall–Kier alpha value is -0.170. The second kappa shape index (κ2) is 3.48. The molecular weight excluding hydrogens is 277 g/mol. The molecule has 0 spiro atoms. The molecule has 62 valence electrons. The molecule has 0 aromatic carbocycles. The Labute approximate surface area is 76.0 Å². The highest BCUT2D eigenvalue weighted by atomic mass is 127. The van der Waals surface area contributed by atoms with Crippen LogP contribution in [0.3, 0.4) is 0 Å². The van der Waals surface area contributed by atoms with E-state index in [1.165, 1.54) is 0 Å². The second-order valence-corrected chi connectivity index (χ2v) is 5.86. The van der Waals surface area contributed by atoms with Gasteiger partial charge in [-0.05, 0) is 14.2 Å². The van der Waals surface area contributed by atoms with Crippen molar-refractivity contribution in [3.63, 3.8) is 0 Å². The van der Waals surface area contributed by atoms with E-state index in [0.29, 0.717) is 5.70 Å². The van der Waals surface area contributed by atoms with Crippen LogP contribution in [-0.2, 0) is 10.0 Å². The van der Waals surface area contributed by atoms with E-state index in [0.717, 1.165) is 6.26 Å². The second-order valence-electron chi connectivity index (χ2n) is 2.05. The lowest BCUT2D eigenvalue weighted by atomic mass is 10.4. The first kappa shape index (κ1) is 8.92. The quantitative estimate of drug-likeness (QED) is 0.760. The van der Waals surface area contributed by atoms with Gasteiger partial charge in [-0.2, -0.15) is 0 Å². The summed E-state index contributed by atoms with van der Waals surface area (Å²) in [6.07, 6.45) is 4.78. The Balaban J connectivity index is 2.73. The minimum Gasteiger partial charge on any atom is -0.283 e. The van der Waals surface area contributed by atoms with Gasteiger partial charge in [0.1, 0.15) is 0 Å². The van der Waals surface area contributed by atoms with Gasteiger partial charge in [0.2, 0.25) is 10.0 Å². The van der Waals surface area contributed by atoms with Crippen LogP contribution in [0.25, 0.3) is 0 Å². The Morgan fingerprint density at radius 2 is 2.27 bits per heavy atom. The molecule has 1 heterocycles. The maximum atomic E-state index is 10.7. The average molecular weight is 285 g/mol. The number of halogens is 1. The molecule has 0 amide bonds. The van der Waals surface area contributed by atoms with E-state index in [4.69, 9.17) is 0 Å². The molecular formula is C6H8INO2S. The molecule has 0 aromatic rings. The third-order valence-corrected chi connectivity index (χ3v) is 3.37. The lowest BCUT2D eigenvalue weighted by Gasteiger charge is -2.03. The third-order valence-electron chi connectivity index (χ3n) is 0.905. The Kier molecular flexibility index (Phi) is 2.83. The van der Waals surface area contributed by atoms with Gasteiger partial charge in [-0.25, -0.2) is 8.42 Å². The van der Waals surface area contributed by atoms with E-state index in [1.54, 1.807) is 6.08 Å². The minimum atomic E-state index is -3.09. The molecule has 0 bridgehead atoms. The number of sulfonamides is 1. The summed E-state index contributed by atoms with van der Waals surface area (Å²) in [6, 6.07) is 0. The number of hydrogen-bond donors (Lipinski definition) is 1. The Morgan fingerprint density at radius 1 is 1.55 bits per heavy atom. The van der Waals surface area contributed by atoms with E-state index in [9.17, 15) is 8.42 Å². The van der Waals surface area contributed by atoms with Crippen molar-refractivity contribution in [3.05, 3.63) is 21.9 Å². The fourth-order valence-electron chi connectivity index (χ4n) is 0.593. The van der Waals surface area contributed by atoms with Gasteiger partial charge in [-0.15, -0.1) is 0 Å². The molecule has 1 aliphatic heterocycles. The highest BCUT2D eigenvalue weighted by Crippen LogP contribution is 2.09. The maximum absolute atomic E-state index is 10.7. The van der Waals surface area contributed by atoms with Gasteiger partial charge in [0.25, 0.3) is 0 Å². The van der Waals surface area contributed by atoms with Crippen molar-refractivity contribution in [2.75, 3.05) is 6.26 Å². The molecule has 5 heteroatoms. The average Bonchev–Trinajstić information content (AvgIpc) is 1.85. The van der Waals surface area contributed by atoms with Crippen LogP contribution < -0.4 is 4.72 Å². The van der Waals surface area contributed by atoms with E-state index < -0.39 is 10.0 Å². The molecule has 0 atom stereocenters. The molecule has 1 aliphatic rings. The van der Waals surface area contributed by atoms with Gasteiger partial charge in [0.15, 0.2) is 0 Å². The van der Waals surface area contributed by atoms with Crippen LogP contribution >= 0.6 is 20.7 Å². The van der Waals surface area contributed by atoms with E-state index in [1.807, 2.05) is 10.2 Å². The van der Waals surface area contributed by atoms with Crippen molar-refractivity contribution in [1.29, 1.82) is 0 Å². The zero-order valence-corrected chi connectivity index (χ0v) is 8.89. The summed E-state index contributed by atoms with van der Waals surface area (Å²) >= 11 is -0.0810. The molecule has 11 heavy (non-hydrogen) atoms. The summed E-state index contributed by atoms with van der Waals surface area (Å²) in [5.74, 6) is 0. The minimum absolute atomic E-state index is 0.0810. The largest absolute Gasteiger partial charge is 0.283 e.